The Hall–Kier alpha value is -2.01. The average molecular weight is 256 g/mol. The third kappa shape index (κ3) is 2.29. The summed E-state index contributed by atoms with van der Waals surface area (Å²) in [4.78, 5) is 22.9. The molecule has 1 N–H and O–H groups in total. The van der Waals surface area contributed by atoms with E-state index in [1.807, 2.05) is 23.1 Å². The van der Waals surface area contributed by atoms with Crippen LogP contribution in [-0.4, -0.2) is 46.5 Å². The highest BCUT2D eigenvalue weighted by Gasteiger charge is 2.24. The van der Waals surface area contributed by atoms with E-state index in [0.717, 1.165) is 30.7 Å². The van der Waals surface area contributed by atoms with Crippen LogP contribution in [0.2, 0.25) is 0 Å². The number of carbonyl (C=O) groups excluding carboxylic acids is 1. The minimum atomic E-state index is 0.0709. The van der Waals surface area contributed by atoms with Crippen LogP contribution in [0.4, 0.5) is 0 Å². The summed E-state index contributed by atoms with van der Waals surface area (Å²) < 4.78 is 0. The van der Waals surface area contributed by atoms with Crippen molar-refractivity contribution in [2.75, 3.05) is 19.6 Å². The van der Waals surface area contributed by atoms with E-state index in [9.17, 15) is 4.79 Å². The lowest BCUT2D eigenvalue weighted by atomic mass is 10.1. The summed E-state index contributed by atoms with van der Waals surface area (Å²) in [6.07, 6.45) is 3.30. The first kappa shape index (κ1) is 12.0. The quantitative estimate of drug-likeness (QED) is 0.829. The molecule has 1 aliphatic heterocycles. The normalized spacial score (nSPS) is 19.6. The zero-order valence-electron chi connectivity index (χ0n) is 10.8. The van der Waals surface area contributed by atoms with E-state index < -0.39 is 0 Å². The molecule has 1 atom stereocenters. The first-order valence-electron chi connectivity index (χ1n) is 6.48. The van der Waals surface area contributed by atoms with E-state index >= 15 is 0 Å². The van der Waals surface area contributed by atoms with Crippen LogP contribution in [0.3, 0.4) is 0 Å². The van der Waals surface area contributed by atoms with Gasteiger partial charge in [0.05, 0.1) is 11.0 Å². The van der Waals surface area contributed by atoms with Crippen molar-refractivity contribution in [3.05, 3.63) is 36.2 Å². The highest BCUT2D eigenvalue weighted by Crippen LogP contribution is 2.15. The summed E-state index contributed by atoms with van der Waals surface area (Å²) >= 11 is 0. The molecule has 5 nitrogen and oxygen atoms in total. The maximum Gasteiger partial charge on any atom is 0.254 e. The molecule has 0 aliphatic carbocycles. The number of nitrogens with one attached hydrogen (secondary N) is 1. The Bertz CT molecular complexity index is 613. The molecular formula is C14H16N4O. The number of piperazine rings is 1. The maximum atomic E-state index is 12.5. The van der Waals surface area contributed by atoms with Gasteiger partial charge in [-0.1, -0.05) is 0 Å². The van der Waals surface area contributed by atoms with Crippen LogP contribution in [0.15, 0.2) is 30.6 Å². The van der Waals surface area contributed by atoms with Crippen molar-refractivity contribution in [1.82, 2.24) is 20.2 Å². The standard InChI is InChI=1S/C14H16N4O/c1-10-9-15-6-7-18(10)14(19)11-2-3-12-13(8-11)17-5-4-16-12/h2-5,8,10,15H,6-7,9H2,1H3/t10-/m1/s1. The van der Waals surface area contributed by atoms with Crippen LogP contribution in [0.25, 0.3) is 11.0 Å². The van der Waals surface area contributed by atoms with Crippen LogP contribution in [-0.2, 0) is 0 Å². The van der Waals surface area contributed by atoms with Crippen LogP contribution in [0, 0.1) is 0 Å². The molecule has 2 heterocycles. The summed E-state index contributed by atoms with van der Waals surface area (Å²) in [5, 5.41) is 3.28. The number of carbonyl (C=O) groups is 1. The summed E-state index contributed by atoms with van der Waals surface area (Å²) in [6.45, 7) is 4.51. The topological polar surface area (TPSA) is 58.1 Å². The molecule has 1 aromatic carbocycles. The van der Waals surface area contributed by atoms with Gasteiger partial charge in [0.25, 0.3) is 5.91 Å². The Morgan fingerprint density at radius 3 is 2.89 bits per heavy atom. The van der Waals surface area contributed by atoms with E-state index in [2.05, 4.69) is 22.2 Å². The highest BCUT2D eigenvalue weighted by molar-refractivity contribution is 5.97. The van der Waals surface area contributed by atoms with Crippen molar-refractivity contribution < 1.29 is 4.79 Å². The van der Waals surface area contributed by atoms with Gasteiger partial charge < -0.3 is 10.2 Å². The number of hydrogen-bond acceptors (Lipinski definition) is 4. The molecule has 2 aromatic rings. The third-order valence-electron chi connectivity index (χ3n) is 3.48. The summed E-state index contributed by atoms with van der Waals surface area (Å²) in [6, 6.07) is 5.72. The van der Waals surface area contributed by atoms with Crippen LogP contribution >= 0.6 is 0 Å². The average Bonchev–Trinajstić information content (AvgIpc) is 2.46. The van der Waals surface area contributed by atoms with Crippen molar-refractivity contribution in [2.24, 2.45) is 0 Å². The first-order chi connectivity index (χ1) is 9.25. The summed E-state index contributed by atoms with van der Waals surface area (Å²) in [5.74, 6) is 0.0709. The fraction of sp³-hybridized carbons (Fsp3) is 0.357. The minimum absolute atomic E-state index is 0.0709. The molecule has 1 aliphatic rings. The van der Waals surface area contributed by atoms with E-state index in [0.29, 0.717) is 5.56 Å². The molecule has 0 bridgehead atoms. The molecule has 0 saturated carbocycles. The number of hydrogen-bond donors (Lipinski definition) is 1. The molecule has 0 radical (unpaired) electrons. The Kier molecular flexibility index (Phi) is 3.13. The lowest BCUT2D eigenvalue weighted by Gasteiger charge is -2.34. The number of benzene rings is 1. The Labute approximate surface area is 111 Å². The second kappa shape index (κ2) is 4.93. The summed E-state index contributed by atoms with van der Waals surface area (Å²) in [5.41, 5.74) is 2.25. The van der Waals surface area contributed by atoms with Crippen molar-refractivity contribution in [1.29, 1.82) is 0 Å². The van der Waals surface area contributed by atoms with Crippen molar-refractivity contribution in [3.63, 3.8) is 0 Å². The van der Waals surface area contributed by atoms with Crippen LogP contribution in [0.1, 0.15) is 17.3 Å². The molecule has 1 saturated heterocycles. The monoisotopic (exact) mass is 256 g/mol. The minimum Gasteiger partial charge on any atom is -0.333 e. The molecular weight excluding hydrogens is 240 g/mol. The number of amides is 1. The van der Waals surface area contributed by atoms with Gasteiger partial charge in [0, 0.05) is 43.6 Å². The highest BCUT2D eigenvalue weighted by atomic mass is 16.2. The summed E-state index contributed by atoms with van der Waals surface area (Å²) in [7, 11) is 0. The molecule has 5 heteroatoms. The first-order valence-corrected chi connectivity index (χ1v) is 6.48. The fourth-order valence-corrected chi connectivity index (χ4v) is 2.40. The van der Waals surface area contributed by atoms with Crippen LogP contribution < -0.4 is 5.32 Å². The van der Waals surface area contributed by atoms with Gasteiger partial charge in [-0.05, 0) is 25.1 Å². The van der Waals surface area contributed by atoms with Crippen LogP contribution in [0.5, 0.6) is 0 Å². The van der Waals surface area contributed by atoms with E-state index in [4.69, 9.17) is 0 Å². The van der Waals surface area contributed by atoms with Gasteiger partial charge in [-0.3, -0.25) is 14.8 Å². The maximum absolute atomic E-state index is 12.5. The van der Waals surface area contributed by atoms with Gasteiger partial charge in [0.2, 0.25) is 0 Å². The van der Waals surface area contributed by atoms with Gasteiger partial charge in [-0.25, -0.2) is 0 Å². The largest absolute Gasteiger partial charge is 0.333 e. The molecule has 0 unspecified atom stereocenters. The number of rotatable bonds is 1. The number of aromatic nitrogens is 2. The zero-order chi connectivity index (χ0) is 13.2. The third-order valence-corrected chi connectivity index (χ3v) is 3.48. The SMILES string of the molecule is C[C@@H]1CNCCN1C(=O)c1ccc2nccnc2c1. The molecule has 3 rings (SSSR count). The second-order valence-corrected chi connectivity index (χ2v) is 4.81. The fourth-order valence-electron chi connectivity index (χ4n) is 2.40. The van der Waals surface area contributed by atoms with Gasteiger partial charge in [-0.2, -0.15) is 0 Å². The molecule has 98 valence electrons. The van der Waals surface area contributed by atoms with Crippen molar-refractivity contribution in [3.8, 4) is 0 Å². The Morgan fingerprint density at radius 2 is 2.11 bits per heavy atom. The molecule has 1 aromatic heterocycles. The molecule has 19 heavy (non-hydrogen) atoms. The molecule has 1 fully saturated rings. The predicted molar refractivity (Wildman–Crippen MR) is 72.9 cm³/mol. The zero-order valence-corrected chi connectivity index (χ0v) is 10.8. The van der Waals surface area contributed by atoms with E-state index in [1.54, 1.807) is 12.4 Å². The predicted octanol–water partition coefficient (Wildman–Crippen LogP) is 1.06. The van der Waals surface area contributed by atoms with Gasteiger partial charge in [0.1, 0.15) is 0 Å². The molecule has 1 amide bonds. The lowest BCUT2D eigenvalue weighted by molar-refractivity contribution is 0.0656. The van der Waals surface area contributed by atoms with E-state index in [1.165, 1.54) is 0 Å². The van der Waals surface area contributed by atoms with Gasteiger partial charge >= 0.3 is 0 Å². The Morgan fingerprint density at radius 1 is 1.32 bits per heavy atom. The van der Waals surface area contributed by atoms with Crippen molar-refractivity contribution in [2.45, 2.75) is 13.0 Å². The van der Waals surface area contributed by atoms with E-state index in [-0.39, 0.29) is 11.9 Å². The number of fused-ring (bicyclic) bond motifs is 1. The lowest BCUT2D eigenvalue weighted by Crippen LogP contribution is -2.52. The van der Waals surface area contributed by atoms with Crippen molar-refractivity contribution >= 4 is 16.9 Å². The van der Waals surface area contributed by atoms with Gasteiger partial charge in [-0.15, -0.1) is 0 Å². The van der Waals surface area contributed by atoms with Gasteiger partial charge in [0.15, 0.2) is 0 Å². The Balaban J connectivity index is 1.92. The number of nitrogens with zero attached hydrogens (tertiary/aromatic N) is 3. The smallest absolute Gasteiger partial charge is 0.254 e. The molecule has 0 spiro atoms. The second-order valence-electron chi connectivity index (χ2n) is 4.81.